The van der Waals surface area contributed by atoms with Crippen molar-refractivity contribution in [3.63, 3.8) is 0 Å². The number of nitrogens with zero attached hydrogens (tertiary/aromatic N) is 1. The second-order valence-electron chi connectivity index (χ2n) is 5.86. The standard InChI is InChI=1S/C15H18F3NO2S/c16-15(17,18)4-1-12(20)19-7-5-14(6-8-19)13-11(2-9-21-14)3-10-22-13/h3,10H,1-2,4-9H2. The van der Waals surface area contributed by atoms with E-state index in [-0.39, 0.29) is 5.60 Å². The van der Waals surface area contributed by atoms with Crippen LogP contribution in [0.25, 0.3) is 0 Å². The highest BCUT2D eigenvalue weighted by molar-refractivity contribution is 7.10. The fourth-order valence-corrected chi connectivity index (χ4v) is 4.42. The first kappa shape index (κ1) is 15.8. The smallest absolute Gasteiger partial charge is 0.369 e. The minimum absolute atomic E-state index is 0.331. The first-order chi connectivity index (χ1) is 10.4. The molecule has 1 spiro atoms. The zero-order chi connectivity index (χ0) is 15.8. The SMILES string of the molecule is O=C(CCC(F)(F)F)N1CCC2(CC1)OCCc1ccsc12. The number of hydrogen-bond donors (Lipinski definition) is 0. The molecule has 1 amide bonds. The van der Waals surface area contributed by atoms with Crippen LogP contribution in [0.2, 0.25) is 0 Å². The largest absolute Gasteiger partial charge is 0.389 e. The summed E-state index contributed by atoms with van der Waals surface area (Å²) >= 11 is 1.68. The molecule has 0 atom stereocenters. The molecule has 2 aliphatic heterocycles. The van der Waals surface area contributed by atoms with E-state index in [1.54, 1.807) is 16.2 Å². The molecule has 1 aromatic rings. The van der Waals surface area contributed by atoms with Gasteiger partial charge in [0.1, 0.15) is 5.60 Å². The van der Waals surface area contributed by atoms with Gasteiger partial charge in [-0.25, -0.2) is 0 Å². The average Bonchev–Trinajstić information content (AvgIpc) is 2.95. The first-order valence-electron chi connectivity index (χ1n) is 7.45. The molecule has 1 saturated heterocycles. The van der Waals surface area contributed by atoms with Crippen LogP contribution in [0.5, 0.6) is 0 Å². The summed E-state index contributed by atoms with van der Waals surface area (Å²) in [5, 5.41) is 2.06. The van der Waals surface area contributed by atoms with Gasteiger partial charge < -0.3 is 9.64 Å². The van der Waals surface area contributed by atoms with Crippen molar-refractivity contribution in [2.45, 2.75) is 43.9 Å². The number of halogens is 3. The van der Waals surface area contributed by atoms with Crippen LogP contribution in [-0.4, -0.2) is 36.7 Å². The molecule has 1 aromatic heterocycles. The van der Waals surface area contributed by atoms with Crippen LogP contribution in [0.1, 0.15) is 36.1 Å². The van der Waals surface area contributed by atoms with Gasteiger partial charge in [0.25, 0.3) is 0 Å². The van der Waals surface area contributed by atoms with Gasteiger partial charge in [-0.3, -0.25) is 4.79 Å². The molecule has 7 heteroatoms. The van der Waals surface area contributed by atoms with E-state index in [1.165, 1.54) is 10.4 Å². The monoisotopic (exact) mass is 333 g/mol. The molecular formula is C15H18F3NO2S. The number of likely N-dealkylation sites (tertiary alicyclic amines) is 1. The topological polar surface area (TPSA) is 29.5 Å². The summed E-state index contributed by atoms with van der Waals surface area (Å²) in [7, 11) is 0. The summed E-state index contributed by atoms with van der Waals surface area (Å²) in [6.07, 6.45) is -3.53. The first-order valence-corrected chi connectivity index (χ1v) is 8.33. The minimum atomic E-state index is -4.27. The number of alkyl halides is 3. The molecular weight excluding hydrogens is 315 g/mol. The van der Waals surface area contributed by atoms with Gasteiger partial charge >= 0.3 is 6.18 Å². The van der Waals surface area contributed by atoms with Crippen molar-refractivity contribution < 1.29 is 22.7 Å². The second-order valence-corrected chi connectivity index (χ2v) is 6.78. The van der Waals surface area contributed by atoms with Crippen LogP contribution >= 0.6 is 11.3 Å². The molecule has 1 fully saturated rings. The maximum absolute atomic E-state index is 12.2. The van der Waals surface area contributed by atoms with Crippen molar-refractivity contribution in [3.05, 3.63) is 21.9 Å². The number of amides is 1. The van der Waals surface area contributed by atoms with Crippen LogP contribution in [-0.2, 0) is 21.6 Å². The van der Waals surface area contributed by atoms with E-state index < -0.39 is 24.9 Å². The summed E-state index contributed by atoms with van der Waals surface area (Å²) in [5.74, 6) is -0.408. The molecule has 22 heavy (non-hydrogen) atoms. The van der Waals surface area contributed by atoms with Crippen LogP contribution < -0.4 is 0 Å². The van der Waals surface area contributed by atoms with Crippen molar-refractivity contribution in [2.75, 3.05) is 19.7 Å². The molecule has 3 nitrogen and oxygen atoms in total. The third-order valence-electron chi connectivity index (χ3n) is 4.46. The van der Waals surface area contributed by atoms with E-state index in [0.717, 1.165) is 6.42 Å². The number of rotatable bonds is 2. The predicted octanol–water partition coefficient (Wildman–Crippen LogP) is 3.48. The van der Waals surface area contributed by atoms with E-state index >= 15 is 0 Å². The molecule has 2 aliphatic rings. The van der Waals surface area contributed by atoms with E-state index in [2.05, 4.69) is 11.4 Å². The number of carbonyl (C=O) groups excluding carboxylic acids is 1. The van der Waals surface area contributed by atoms with Gasteiger partial charge in [0.15, 0.2) is 0 Å². The Morgan fingerprint density at radius 3 is 2.77 bits per heavy atom. The third-order valence-corrected chi connectivity index (χ3v) is 5.60. The van der Waals surface area contributed by atoms with Crippen molar-refractivity contribution in [1.82, 2.24) is 4.90 Å². The zero-order valence-electron chi connectivity index (χ0n) is 12.1. The third kappa shape index (κ3) is 3.15. The highest BCUT2D eigenvalue weighted by Crippen LogP contribution is 2.44. The summed E-state index contributed by atoms with van der Waals surface area (Å²) in [5.41, 5.74) is 0.982. The van der Waals surface area contributed by atoms with Gasteiger partial charge in [-0.15, -0.1) is 11.3 Å². The van der Waals surface area contributed by atoms with E-state index in [9.17, 15) is 18.0 Å². The lowest BCUT2D eigenvalue weighted by Crippen LogP contribution is -2.48. The minimum Gasteiger partial charge on any atom is -0.369 e. The Morgan fingerprint density at radius 1 is 1.36 bits per heavy atom. The van der Waals surface area contributed by atoms with Crippen molar-refractivity contribution in [1.29, 1.82) is 0 Å². The maximum Gasteiger partial charge on any atom is 0.389 e. The van der Waals surface area contributed by atoms with Crippen molar-refractivity contribution in [3.8, 4) is 0 Å². The van der Waals surface area contributed by atoms with Crippen molar-refractivity contribution in [2.24, 2.45) is 0 Å². The molecule has 0 aliphatic carbocycles. The molecule has 122 valence electrons. The van der Waals surface area contributed by atoms with Gasteiger partial charge in [-0.05, 0) is 36.3 Å². The zero-order valence-corrected chi connectivity index (χ0v) is 12.9. The molecule has 0 unspecified atom stereocenters. The van der Waals surface area contributed by atoms with Crippen LogP contribution in [0.4, 0.5) is 13.2 Å². The van der Waals surface area contributed by atoms with Crippen molar-refractivity contribution >= 4 is 17.2 Å². The van der Waals surface area contributed by atoms with Gasteiger partial charge in [-0.1, -0.05) is 0 Å². The van der Waals surface area contributed by atoms with E-state index in [0.29, 0.717) is 32.5 Å². The van der Waals surface area contributed by atoms with Gasteiger partial charge in [-0.2, -0.15) is 13.2 Å². The second kappa shape index (κ2) is 5.85. The Morgan fingerprint density at radius 2 is 2.09 bits per heavy atom. The van der Waals surface area contributed by atoms with Gasteiger partial charge in [0.05, 0.1) is 13.0 Å². The number of fused-ring (bicyclic) bond motifs is 2. The Labute approximate surface area is 131 Å². The summed E-state index contributed by atoms with van der Waals surface area (Å²) < 4.78 is 42.7. The maximum atomic E-state index is 12.2. The van der Waals surface area contributed by atoms with E-state index in [1.807, 2.05) is 0 Å². The molecule has 0 aromatic carbocycles. The molecule has 0 saturated carbocycles. The lowest BCUT2D eigenvalue weighted by Gasteiger charge is -2.43. The molecule has 0 bridgehead atoms. The fourth-order valence-electron chi connectivity index (χ4n) is 3.25. The van der Waals surface area contributed by atoms with Gasteiger partial charge in [0, 0.05) is 24.4 Å². The normalized spacial score (nSPS) is 21.0. The number of hydrogen-bond acceptors (Lipinski definition) is 3. The highest BCUT2D eigenvalue weighted by Gasteiger charge is 2.42. The van der Waals surface area contributed by atoms with Gasteiger partial charge in [0.2, 0.25) is 5.91 Å². The Kier molecular flexibility index (Phi) is 4.20. The lowest BCUT2D eigenvalue weighted by atomic mass is 9.85. The van der Waals surface area contributed by atoms with Crippen LogP contribution in [0, 0.1) is 0 Å². The Bertz CT molecular complexity index is 547. The molecule has 0 N–H and O–H groups in total. The van der Waals surface area contributed by atoms with E-state index in [4.69, 9.17) is 4.74 Å². The fraction of sp³-hybridized carbons (Fsp3) is 0.667. The lowest BCUT2D eigenvalue weighted by molar-refractivity contribution is -0.153. The average molecular weight is 333 g/mol. The highest BCUT2D eigenvalue weighted by atomic mass is 32.1. The Hall–Kier alpha value is -1.08. The predicted molar refractivity (Wildman–Crippen MR) is 76.8 cm³/mol. The number of ether oxygens (including phenoxy) is 1. The Balaban J connectivity index is 1.61. The summed E-state index contributed by atoms with van der Waals surface area (Å²) in [6.45, 7) is 1.60. The summed E-state index contributed by atoms with van der Waals surface area (Å²) in [4.78, 5) is 14.7. The quantitative estimate of drug-likeness (QED) is 0.829. The van der Waals surface area contributed by atoms with Crippen LogP contribution in [0.3, 0.4) is 0 Å². The molecule has 3 heterocycles. The number of thiophene rings is 1. The molecule has 0 radical (unpaired) electrons. The number of piperidine rings is 1. The summed E-state index contributed by atoms with van der Waals surface area (Å²) in [6, 6.07) is 2.12. The van der Waals surface area contributed by atoms with Crippen LogP contribution in [0.15, 0.2) is 11.4 Å². The number of carbonyl (C=O) groups is 1. The molecule has 3 rings (SSSR count).